The van der Waals surface area contributed by atoms with Crippen LogP contribution in [0.2, 0.25) is 5.02 Å². The molecule has 134 valence electrons. The average Bonchev–Trinajstić information content (AvgIpc) is 2.67. The fraction of sp³-hybridized carbons (Fsp3) is 0.238. The van der Waals surface area contributed by atoms with E-state index in [0.717, 1.165) is 24.3 Å². The summed E-state index contributed by atoms with van der Waals surface area (Å²) in [5.74, 6) is 0.0637. The Bertz CT molecular complexity index is 822. The monoisotopic (exact) mass is 368 g/mol. The summed E-state index contributed by atoms with van der Waals surface area (Å²) in [6.07, 6.45) is 3.34. The van der Waals surface area contributed by atoms with E-state index in [1.54, 1.807) is 19.1 Å². The fourth-order valence-electron chi connectivity index (χ4n) is 2.97. The number of amides is 1. The summed E-state index contributed by atoms with van der Waals surface area (Å²) in [6.45, 7) is 4.44. The molecular formula is C21H21ClN2O2. The first-order valence-corrected chi connectivity index (χ1v) is 9.00. The molecule has 1 heterocycles. The Balaban J connectivity index is 1.57. The maximum Gasteiger partial charge on any atom is 0.246 e. The highest BCUT2D eigenvalue weighted by molar-refractivity contribution is 6.32. The summed E-state index contributed by atoms with van der Waals surface area (Å²) >= 11 is 6.11. The third-order valence-corrected chi connectivity index (χ3v) is 4.89. The molecule has 26 heavy (non-hydrogen) atoms. The average molecular weight is 369 g/mol. The van der Waals surface area contributed by atoms with E-state index in [9.17, 15) is 9.59 Å². The first-order chi connectivity index (χ1) is 12.5. The molecule has 1 saturated heterocycles. The van der Waals surface area contributed by atoms with Gasteiger partial charge in [-0.2, -0.15) is 0 Å². The zero-order chi connectivity index (χ0) is 18.5. The van der Waals surface area contributed by atoms with Crippen LogP contribution in [0.4, 0.5) is 5.69 Å². The number of benzene rings is 2. The van der Waals surface area contributed by atoms with Gasteiger partial charge in [0.2, 0.25) is 5.91 Å². The van der Waals surface area contributed by atoms with Crippen LogP contribution in [0.5, 0.6) is 0 Å². The zero-order valence-corrected chi connectivity index (χ0v) is 15.4. The van der Waals surface area contributed by atoms with E-state index in [1.165, 1.54) is 0 Å². The molecule has 2 aromatic rings. The molecule has 5 heteroatoms. The van der Waals surface area contributed by atoms with Crippen LogP contribution < -0.4 is 4.90 Å². The van der Waals surface area contributed by atoms with Crippen molar-refractivity contribution in [3.8, 4) is 0 Å². The van der Waals surface area contributed by atoms with Crippen molar-refractivity contribution in [1.29, 1.82) is 0 Å². The number of rotatable bonds is 4. The number of hydrogen-bond acceptors (Lipinski definition) is 3. The summed E-state index contributed by atoms with van der Waals surface area (Å²) in [6, 6.07) is 15.1. The molecule has 0 radical (unpaired) electrons. The van der Waals surface area contributed by atoms with Crippen LogP contribution in [0.1, 0.15) is 22.8 Å². The molecule has 0 unspecified atom stereocenters. The van der Waals surface area contributed by atoms with Crippen molar-refractivity contribution in [2.24, 2.45) is 0 Å². The van der Waals surface area contributed by atoms with Crippen LogP contribution in [0.3, 0.4) is 0 Å². The van der Waals surface area contributed by atoms with Gasteiger partial charge in [0.1, 0.15) is 0 Å². The van der Waals surface area contributed by atoms with Gasteiger partial charge in [-0.15, -0.1) is 0 Å². The van der Waals surface area contributed by atoms with Crippen LogP contribution in [0, 0.1) is 0 Å². The van der Waals surface area contributed by atoms with E-state index in [4.69, 9.17) is 11.6 Å². The lowest BCUT2D eigenvalue weighted by atomic mass is 10.1. The minimum atomic E-state index is -0.00324. The minimum absolute atomic E-state index is 0.00324. The second kappa shape index (κ2) is 8.19. The van der Waals surface area contributed by atoms with Gasteiger partial charge in [0, 0.05) is 48.5 Å². The SMILES string of the molecule is CC(=O)c1ccc(N2CCN(C(=O)/C=C/c3ccccc3Cl)CC2)cc1. The number of carbonyl (C=O) groups excluding carboxylic acids is 2. The Morgan fingerprint density at radius 2 is 1.62 bits per heavy atom. The van der Waals surface area contributed by atoms with E-state index in [0.29, 0.717) is 23.7 Å². The van der Waals surface area contributed by atoms with Gasteiger partial charge in [0.15, 0.2) is 5.78 Å². The fourth-order valence-corrected chi connectivity index (χ4v) is 3.17. The van der Waals surface area contributed by atoms with Crippen molar-refractivity contribution in [3.63, 3.8) is 0 Å². The van der Waals surface area contributed by atoms with Gasteiger partial charge in [-0.1, -0.05) is 29.8 Å². The zero-order valence-electron chi connectivity index (χ0n) is 14.7. The van der Waals surface area contributed by atoms with Crippen LogP contribution in [0.25, 0.3) is 6.08 Å². The predicted molar refractivity (Wildman–Crippen MR) is 106 cm³/mol. The number of Topliss-reactive ketones (excluding diaryl/α,β-unsaturated/α-hetero) is 1. The molecule has 0 saturated carbocycles. The molecule has 1 aliphatic heterocycles. The van der Waals surface area contributed by atoms with Gasteiger partial charge >= 0.3 is 0 Å². The molecule has 0 N–H and O–H groups in total. The second-order valence-electron chi connectivity index (χ2n) is 6.27. The van der Waals surface area contributed by atoms with E-state index in [1.807, 2.05) is 53.4 Å². The third kappa shape index (κ3) is 4.33. The van der Waals surface area contributed by atoms with Crippen molar-refractivity contribution >= 4 is 35.1 Å². The van der Waals surface area contributed by atoms with Gasteiger partial charge in [-0.25, -0.2) is 0 Å². The highest BCUT2D eigenvalue weighted by Gasteiger charge is 2.20. The number of ketones is 1. The van der Waals surface area contributed by atoms with E-state index in [-0.39, 0.29) is 11.7 Å². The first-order valence-electron chi connectivity index (χ1n) is 8.62. The topological polar surface area (TPSA) is 40.6 Å². The Labute approximate surface area is 158 Å². The number of anilines is 1. The van der Waals surface area contributed by atoms with Gasteiger partial charge in [0.05, 0.1) is 0 Å². The first kappa shape index (κ1) is 18.2. The maximum absolute atomic E-state index is 12.4. The molecule has 3 rings (SSSR count). The smallest absolute Gasteiger partial charge is 0.246 e. The number of hydrogen-bond donors (Lipinski definition) is 0. The highest BCUT2D eigenvalue weighted by atomic mass is 35.5. The summed E-state index contributed by atoms with van der Waals surface area (Å²) in [5.41, 5.74) is 2.63. The van der Waals surface area contributed by atoms with Gasteiger partial charge in [-0.05, 0) is 48.9 Å². The summed E-state index contributed by atoms with van der Waals surface area (Å²) in [5, 5.41) is 0.635. The summed E-state index contributed by atoms with van der Waals surface area (Å²) < 4.78 is 0. The molecule has 0 aliphatic carbocycles. The highest BCUT2D eigenvalue weighted by Crippen LogP contribution is 2.19. The Hall–Kier alpha value is -2.59. The Kier molecular flexibility index (Phi) is 5.74. The standard InChI is InChI=1S/C21H21ClN2O2/c1-16(25)17-6-9-19(10-7-17)23-12-14-24(15-13-23)21(26)11-8-18-4-2-3-5-20(18)22/h2-11H,12-15H2,1H3/b11-8+. The van der Waals surface area contributed by atoms with Crippen molar-refractivity contribution < 1.29 is 9.59 Å². The largest absolute Gasteiger partial charge is 0.368 e. The lowest BCUT2D eigenvalue weighted by molar-refractivity contribution is -0.126. The molecule has 1 amide bonds. The van der Waals surface area contributed by atoms with E-state index < -0.39 is 0 Å². The Morgan fingerprint density at radius 1 is 0.962 bits per heavy atom. The number of halogens is 1. The van der Waals surface area contributed by atoms with Crippen molar-refractivity contribution in [1.82, 2.24) is 4.90 Å². The van der Waals surface area contributed by atoms with Crippen LogP contribution in [-0.4, -0.2) is 42.8 Å². The minimum Gasteiger partial charge on any atom is -0.368 e. The van der Waals surface area contributed by atoms with Crippen LogP contribution in [-0.2, 0) is 4.79 Å². The molecule has 4 nitrogen and oxygen atoms in total. The van der Waals surface area contributed by atoms with Crippen molar-refractivity contribution in [3.05, 3.63) is 70.8 Å². The summed E-state index contributed by atoms with van der Waals surface area (Å²) in [4.78, 5) is 27.8. The van der Waals surface area contributed by atoms with E-state index >= 15 is 0 Å². The molecule has 2 aromatic carbocycles. The molecule has 1 aliphatic rings. The predicted octanol–water partition coefficient (Wildman–Crippen LogP) is 3.90. The molecule has 0 spiro atoms. The molecular weight excluding hydrogens is 348 g/mol. The molecule has 1 fully saturated rings. The number of piperazine rings is 1. The van der Waals surface area contributed by atoms with Crippen molar-refractivity contribution in [2.45, 2.75) is 6.92 Å². The molecule has 0 bridgehead atoms. The van der Waals surface area contributed by atoms with Gasteiger partial charge in [-0.3, -0.25) is 9.59 Å². The molecule has 0 atom stereocenters. The third-order valence-electron chi connectivity index (χ3n) is 4.54. The second-order valence-corrected chi connectivity index (χ2v) is 6.68. The normalized spacial score (nSPS) is 14.7. The maximum atomic E-state index is 12.4. The lowest BCUT2D eigenvalue weighted by Crippen LogP contribution is -2.48. The van der Waals surface area contributed by atoms with Gasteiger partial charge in [0.25, 0.3) is 0 Å². The van der Waals surface area contributed by atoms with Crippen LogP contribution >= 0.6 is 11.6 Å². The molecule has 0 aromatic heterocycles. The summed E-state index contributed by atoms with van der Waals surface area (Å²) in [7, 11) is 0. The van der Waals surface area contributed by atoms with Crippen LogP contribution in [0.15, 0.2) is 54.6 Å². The van der Waals surface area contributed by atoms with E-state index in [2.05, 4.69) is 4.90 Å². The lowest BCUT2D eigenvalue weighted by Gasteiger charge is -2.35. The number of nitrogens with zero attached hydrogens (tertiary/aromatic N) is 2. The van der Waals surface area contributed by atoms with Crippen molar-refractivity contribution in [2.75, 3.05) is 31.1 Å². The quantitative estimate of drug-likeness (QED) is 0.607. The Morgan fingerprint density at radius 3 is 2.23 bits per heavy atom. The van der Waals surface area contributed by atoms with Gasteiger partial charge < -0.3 is 9.80 Å². The number of carbonyl (C=O) groups is 2.